The Kier molecular flexibility index (Phi) is 4.00. The molecule has 0 amide bonds. The van der Waals surface area contributed by atoms with Crippen LogP contribution in [0, 0.1) is 5.92 Å². The van der Waals surface area contributed by atoms with Gasteiger partial charge in [0.1, 0.15) is 5.75 Å². The van der Waals surface area contributed by atoms with E-state index in [0.29, 0.717) is 5.01 Å². The molecule has 0 spiro atoms. The van der Waals surface area contributed by atoms with E-state index in [4.69, 9.17) is 22.7 Å². The van der Waals surface area contributed by atoms with Gasteiger partial charge in [-0.2, -0.15) is 5.43 Å². The molecule has 1 fully saturated rings. The summed E-state index contributed by atoms with van der Waals surface area (Å²) in [6.45, 7) is 0. The molecule has 4 atom stereocenters. The molecule has 1 aliphatic heterocycles. The van der Waals surface area contributed by atoms with Gasteiger partial charge in [0, 0.05) is 23.7 Å². The average molecular weight is 355 g/mol. The molecular weight excluding hydrogens is 334 g/mol. The summed E-state index contributed by atoms with van der Waals surface area (Å²) >= 11 is 5.23. The minimum absolute atomic E-state index is 0.103. The number of hydrogen-bond acceptors (Lipinski definition) is 4. The van der Waals surface area contributed by atoms with Gasteiger partial charge in [-0.15, -0.1) is 0 Å². The SMILES string of the molecule is COc1ccc(C2N[NH+](C(N)=S)C3([O-])c4ccccc4CCC23)cc1. The Balaban J connectivity index is 1.80. The van der Waals surface area contributed by atoms with E-state index in [1.807, 2.05) is 48.5 Å². The van der Waals surface area contributed by atoms with Gasteiger partial charge in [-0.25, -0.2) is 5.01 Å². The fourth-order valence-corrected chi connectivity index (χ4v) is 4.49. The molecule has 2 aromatic carbocycles. The highest BCUT2D eigenvalue weighted by molar-refractivity contribution is 7.79. The van der Waals surface area contributed by atoms with Crippen LogP contribution in [0.15, 0.2) is 48.5 Å². The molecule has 4 rings (SSSR count). The summed E-state index contributed by atoms with van der Waals surface area (Å²) in [4.78, 5) is 0. The molecule has 6 heteroatoms. The van der Waals surface area contributed by atoms with E-state index in [-0.39, 0.29) is 17.1 Å². The summed E-state index contributed by atoms with van der Waals surface area (Å²) < 4.78 is 5.24. The number of thiocarbonyl (C=S) groups is 1. The average Bonchev–Trinajstić information content (AvgIpc) is 2.95. The van der Waals surface area contributed by atoms with Crippen molar-refractivity contribution in [3.8, 4) is 5.75 Å². The van der Waals surface area contributed by atoms with Gasteiger partial charge in [0.25, 0.3) is 5.11 Å². The van der Waals surface area contributed by atoms with Crippen LogP contribution in [0.5, 0.6) is 5.75 Å². The number of fused-ring (bicyclic) bond motifs is 3. The largest absolute Gasteiger partial charge is 0.798 e. The predicted molar refractivity (Wildman–Crippen MR) is 96.5 cm³/mol. The zero-order chi connectivity index (χ0) is 17.6. The van der Waals surface area contributed by atoms with E-state index in [2.05, 4.69) is 5.43 Å². The Labute approximate surface area is 152 Å². The molecule has 1 heterocycles. The van der Waals surface area contributed by atoms with Crippen molar-refractivity contribution in [1.82, 2.24) is 5.43 Å². The van der Waals surface area contributed by atoms with E-state index < -0.39 is 5.72 Å². The van der Waals surface area contributed by atoms with E-state index in [1.165, 1.54) is 0 Å². The van der Waals surface area contributed by atoms with Crippen LogP contribution in [0.2, 0.25) is 0 Å². The first-order valence-corrected chi connectivity index (χ1v) is 8.83. The van der Waals surface area contributed by atoms with E-state index in [1.54, 1.807) is 7.11 Å². The summed E-state index contributed by atoms with van der Waals surface area (Å²) in [6.07, 6.45) is 1.69. The Bertz CT molecular complexity index is 811. The molecule has 0 aromatic heterocycles. The van der Waals surface area contributed by atoms with Crippen molar-refractivity contribution in [2.45, 2.75) is 24.6 Å². The minimum Gasteiger partial charge on any atom is -0.798 e. The molecule has 0 bridgehead atoms. The molecule has 4 unspecified atom stereocenters. The van der Waals surface area contributed by atoms with Gasteiger partial charge in [-0.05, 0) is 36.1 Å². The van der Waals surface area contributed by atoms with Gasteiger partial charge in [0.2, 0.25) is 0 Å². The van der Waals surface area contributed by atoms with E-state index in [9.17, 15) is 5.11 Å². The number of rotatable bonds is 2. The van der Waals surface area contributed by atoms with Crippen molar-refractivity contribution < 1.29 is 14.9 Å². The lowest BCUT2D eigenvalue weighted by Gasteiger charge is -2.46. The molecule has 130 valence electrons. The molecular formula is C19H21N3O2S. The van der Waals surface area contributed by atoms with Crippen molar-refractivity contribution in [2.24, 2.45) is 11.7 Å². The zero-order valence-corrected chi connectivity index (χ0v) is 14.8. The number of benzene rings is 2. The first kappa shape index (κ1) is 16.5. The van der Waals surface area contributed by atoms with Gasteiger partial charge in [0.05, 0.1) is 18.9 Å². The van der Waals surface area contributed by atoms with E-state index >= 15 is 0 Å². The molecule has 0 radical (unpaired) electrons. The molecule has 4 N–H and O–H groups in total. The maximum absolute atomic E-state index is 14.1. The highest BCUT2D eigenvalue weighted by atomic mass is 32.1. The number of nitrogens with one attached hydrogen (secondary N) is 2. The second kappa shape index (κ2) is 6.07. The van der Waals surface area contributed by atoms with Gasteiger partial charge < -0.3 is 15.6 Å². The molecule has 25 heavy (non-hydrogen) atoms. The van der Waals surface area contributed by atoms with Crippen molar-refractivity contribution in [2.75, 3.05) is 7.11 Å². The fourth-order valence-electron chi connectivity index (χ4n) is 4.28. The van der Waals surface area contributed by atoms with Crippen LogP contribution in [0.1, 0.15) is 29.2 Å². The van der Waals surface area contributed by atoms with Crippen LogP contribution in [0.3, 0.4) is 0 Å². The van der Waals surface area contributed by atoms with Crippen LogP contribution in [-0.2, 0) is 12.1 Å². The van der Waals surface area contributed by atoms with Gasteiger partial charge >= 0.3 is 0 Å². The van der Waals surface area contributed by atoms with Crippen molar-refractivity contribution >= 4 is 17.3 Å². The number of quaternary nitrogens is 1. The molecule has 0 saturated carbocycles. The number of ether oxygens (including phenoxy) is 1. The van der Waals surface area contributed by atoms with Crippen LogP contribution in [0.25, 0.3) is 0 Å². The fraction of sp³-hybridized carbons (Fsp3) is 0.316. The third kappa shape index (κ3) is 2.45. The van der Waals surface area contributed by atoms with Gasteiger partial charge in [-0.3, -0.25) is 0 Å². The monoisotopic (exact) mass is 355 g/mol. The van der Waals surface area contributed by atoms with Crippen molar-refractivity contribution in [3.63, 3.8) is 0 Å². The molecule has 2 aliphatic rings. The maximum Gasteiger partial charge on any atom is 0.284 e. The normalized spacial score (nSPS) is 30.4. The predicted octanol–water partition coefficient (Wildman–Crippen LogP) is 0.159. The van der Waals surface area contributed by atoms with Crippen LogP contribution in [0.4, 0.5) is 0 Å². The number of nitrogens with two attached hydrogens (primary N) is 1. The number of methoxy groups -OCH3 is 1. The third-order valence-electron chi connectivity index (χ3n) is 5.46. The Morgan fingerprint density at radius 2 is 2.00 bits per heavy atom. The summed E-state index contributed by atoms with van der Waals surface area (Å²) in [7, 11) is 1.64. The topological polar surface area (TPSA) is 74.8 Å². The second-order valence-corrected chi connectivity index (χ2v) is 7.11. The molecule has 1 aliphatic carbocycles. The highest BCUT2D eigenvalue weighted by Crippen LogP contribution is 2.43. The standard InChI is InChI=1S/C19H20N3O2S/c1-24-14-9-6-13(7-10-14)17-16-11-8-12-4-2-3-5-15(12)19(16,23)22(21-17)18(20)25/h2-7,9-10,16-17,21H,8,11H2,1H3,(H2,20,25)/q-1/p+1. The smallest absolute Gasteiger partial charge is 0.284 e. The maximum atomic E-state index is 14.1. The summed E-state index contributed by atoms with van der Waals surface area (Å²) in [5, 5.41) is 14.7. The number of hydrogen-bond donors (Lipinski definition) is 3. The minimum atomic E-state index is -1.41. The number of aryl methyl sites for hydroxylation is 1. The molecule has 2 aromatic rings. The third-order valence-corrected chi connectivity index (χ3v) is 5.66. The zero-order valence-electron chi connectivity index (χ0n) is 14.0. The first-order chi connectivity index (χ1) is 12.1. The lowest BCUT2D eigenvalue weighted by molar-refractivity contribution is -0.998. The second-order valence-electron chi connectivity index (χ2n) is 6.67. The van der Waals surface area contributed by atoms with Gasteiger partial charge in [-0.1, -0.05) is 36.4 Å². The first-order valence-electron chi connectivity index (χ1n) is 8.42. The van der Waals surface area contributed by atoms with Crippen LogP contribution < -0.4 is 26.0 Å². The Hall–Kier alpha value is -1.99. The lowest BCUT2D eigenvalue weighted by atomic mass is 9.73. The van der Waals surface area contributed by atoms with Crippen molar-refractivity contribution in [1.29, 1.82) is 0 Å². The lowest BCUT2D eigenvalue weighted by Crippen LogP contribution is -3.27. The molecule has 5 nitrogen and oxygen atoms in total. The summed E-state index contributed by atoms with van der Waals surface area (Å²) in [5.41, 5.74) is 10.9. The van der Waals surface area contributed by atoms with E-state index in [0.717, 1.165) is 35.3 Å². The highest BCUT2D eigenvalue weighted by Gasteiger charge is 2.55. The summed E-state index contributed by atoms with van der Waals surface area (Å²) in [5.74, 6) is 0.662. The Morgan fingerprint density at radius 3 is 2.68 bits per heavy atom. The molecule has 1 saturated heterocycles. The van der Waals surface area contributed by atoms with Gasteiger partial charge in [0.15, 0.2) is 0 Å². The van der Waals surface area contributed by atoms with Crippen LogP contribution in [-0.4, -0.2) is 12.2 Å². The van der Waals surface area contributed by atoms with Crippen molar-refractivity contribution in [3.05, 3.63) is 65.2 Å². The summed E-state index contributed by atoms with van der Waals surface area (Å²) in [6, 6.07) is 15.6. The quantitative estimate of drug-likeness (QED) is 0.669. The Morgan fingerprint density at radius 1 is 1.28 bits per heavy atom. The van der Waals surface area contributed by atoms with Crippen LogP contribution >= 0.6 is 12.2 Å².